The monoisotopic (exact) mass is 463 g/mol. The van der Waals surface area contributed by atoms with E-state index in [1.807, 2.05) is 19.1 Å². The quantitative estimate of drug-likeness (QED) is 0.428. The fourth-order valence-electron chi connectivity index (χ4n) is 3.51. The fraction of sp³-hybridized carbons (Fsp3) is 0.120. The summed E-state index contributed by atoms with van der Waals surface area (Å²) < 4.78 is 42.0. The lowest BCUT2D eigenvalue weighted by atomic mass is 10.1. The lowest BCUT2D eigenvalue weighted by molar-refractivity contribution is -0.114. The maximum absolute atomic E-state index is 13.7. The molecule has 0 spiro atoms. The van der Waals surface area contributed by atoms with Gasteiger partial charge in [-0.3, -0.25) is 14.1 Å². The summed E-state index contributed by atoms with van der Waals surface area (Å²) in [4.78, 5) is 16.9. The average molecular weight is 464 g/mol. The Morgan fingerprint density at radius 3 is 2.42 bits per heavy atom. The molecule has 0 saturated carbocycles. The molecule has 0 aliphatic heterocycles. The Morgan fingerprint density at radius 1 is 1.00 bits per heavy atom. The van der Waals surface area contributed by atoms with Crippen molar-refractivity contribution in [3.05, 3.63) is 96.6 Å². The van der Waals surface area contributed by atoms with Crippen LogP contribution in [0.15, 0.2) is 90.1 Å². The van der Waals surface area contributed by atoms with E-state index in [0.29, 0.717) is 16.5 Å². The maximum atomic E-state index is 13.7. The highest BCUT2D eigenvalue weighted by Crippen LogP contribution is 2.29. The number of pyridine rings is 1. The second-order valence-corrected chi connectivity index (χ2v) is 9.27. The number of aromatic nitrogens is 1. The molecule has 0 radical (unpaired) electrons. The molecular weight excluding hydrogens is 441 g/mol. The van der Waals surface area contributed by atoms with E-state index < -0.39 is 28.3 Å². The van der Waals surface area contributed by atoms with Gasteiger partial charge in [-0.1, -0.05) is 31.2 Å². The van der Waals surface area contributed by atoms with Crippen molar-refractivity contribution in [1.82, 2.24) is 4.98 Å². The number of amides is 1. The van der Waals surface area contributed by atoms with Crippen molar-refractivity contribution < 1.29 is 17.6 Å². The molecule has 3 aromatic carbocycles. The average Bonchev–Trinajstić information content (AvgIpc) is 2.83. The second kappa shape index (κ2) is 9.38. The Bertz CT molecular complexity index is 1380. The van der Waals surface area contributed by atoms with Gasteiger partial charge in [-0.2, -0.15) is 0 Å². The molecule has 0 aliphatic rings. The van der Waals surface area contributed by atoms with Crippen LogP contribution in [0.4, 0.5) is 15.8 Å². The summed E-state index contributed by atoms with van der Waals surface area (Å²) in [7, 11) is -4.17. The Hall–Kier alpha value is -3.78. The first-order valence-electron chi connectivity index (χ1n) is 10.4. The third kappa shape index (κ3) is 4.85. The van der Waals surface area contributed by atoms with E-state index in [2.05, 4.69) is 10.3 Å². The molecule has 0 saturated heterocycles. The molecule has 4 aromatic rings. The normalized spacial score (nSPS) is 11.3. The molecule has 0 aliphatic carbocycles. The zero-order valence-electron chi connectivity index (χ0n) is 17.9. The SMILES string of the molecule is CCc1ccc(NC(=O)CN(c2ccc(F)cc2)S(=O)(=O)c2cccc3cnccc23)cc1. The largest absolute Gasteiger partial charge is 0.325 e. The zero-order valence-corrected chi connectivity index (χ0v) is 18.7. The lowest BCUT2D eigenvalue weighted by Gasteiger charge is -2.25. The van der Waals surface area contributed by atoms with Crippen molar-refractivity contribution in [1.29, 1.82) is 0 Å². The molecule has 6 nitrogen and oxygen atoms in total. The number of carbonyl (C=O) groups excluding carboxylic acids is 1. The summed E-state index contributed by atoms with van der Waals surface area (Å²) in [6.45, 7) is 1.55. The Labute approximate surface area is 191 Å². The van der Waals surface area contributed by atoms with Gasteiger partial charge in [-0.05, 0) is 60.5 Å². The predicted molar refractivity (Wildman–Crippen MR) is 127 cm³/mol. The van der Waals surface area contributed by atoms with Crippen LogP contribution in [0.2, 0.25) is 0 Å². The lowest BCUT2D eigenvalue weighted by Crippen LogP contribution is -2.38. The van der Waals surface area contributed by atoms with E-state index in [-0.39, 0.29) is 10.6 Å². The van der Waals surface area contributed by atoms with Crippen LogP contribution in [0.5, 0.6) is 0 Å². The molecule has 1 N–H and O–H groups in total. The van der Waals surface area contributed by atoms with Crippen LogP contribution in [0.25, 0.3) is 10.8 Å². The molecule has 0 bridgehead atoms. The Balaban J connectivity index is 1.71. The fourth-order valence-corrected chi connectivity index (χ4v) is 5.15. The van der Waals surface area contributed by atoms with Crippen molar-refractivity contribution in [3.63, 3.8) is 0 Å². The molecule has 0 unspecified atom stereocenters. The Kier molecular flexibility index (Phi) is 6.37. The van der Waals surface area contributed by atoms with Crippen molar-refractivity contribution >= 4 is 38.1 Å². The summed E-state index contributed by atoms with van der Waals surface area (Å²) >= 11 is 0. The van der Waals surface area contributed by atoms with Gasteiger partial charge >= 0.3 is 0 Å². The predicted octanol–water partition coefficient (Wildman–Crippen LogP) is 4.77. The van der Waals surface area contributed by atoms with E-state index in [4.69, 9.17) is 0 Å². The molecule has 1 amide bonds. The van der Waals surface area contributed by atoms with Crippen molar-refractivity contribution in [3.8, 4) is 0 Å². The number of nitrogens with one attached hydrogen (secondary N) is 1. The van der Waals surface area contributed by atoms with Gasteiger partial charge in [0.2, 0.25) is 5.91 Å². The number of hydrogen-bond acceptors (Lipinski definition) is 4. The number of fused-ring (bicyclic) bond motifs is 1. The Morgan fingerprint density at radius 2 is 1.73 bits per heavy atom. The van der Waals surface area contributed by atoms with Crippen LogP contribution in [-0.4, -0.2) is 25.9 Å². The van der Waals surface area contributed by atoms with Gasteiger partial charge in [-0.25, -0.2) is 12.8 Å². The molecule has 1 heterocycles. The number of hydrogen-bond donors (Lipinski definition) is 1. The van der Waals surface area contributed by atoms with Crippen LogP contribution in [0.1, 0.15) is 12.5 Å². The highest BCUT2D eigenvalue weighted by atomic mass is 32.2. The molecule has 4 rings (SSSR count). The number of benzene rings is 3. The van der Waals surface area contributed by atoms with Gasteiger partial charge in [0.1, 0.15) is 12.4 Å². The highest BCUT2D eigenvalue weighted by Gasteiger charge is 2.29. The standard InChI is InChI=1S/C25H22FN3O3S/c1-2-18-6-10-21(11-7-18)28-25(30)17-29(22-12-8-20(26)9-13-22)33(31,32)24-5-3-4-19-16-27-15-14-23(19)24/h3-16H,2,17H2,1H3,(H,28,30). The number of aryl methyl sites for hydroxylation is 1. The van der Waals surface area contributed by atoms with Crippen molar-refractivity contribution in [2.24, 2.45) is 0 Å². The van der Waals surface area contributed by atoms with Crippen LogP contribution in [0, 0.1) is 5.82 Å². The van der Waals surface area contributed by atoms with Gasteiger partial charge in [0.05, 0.1) is 10.6 Å². The molecule has 168 valence electrons. The zero-order chi connectivity index (χ0) is 23.4. The number of anilines is 2. The van der Waals surface area contributed by atoms with Gasteiger partial charge in [-0.15, -0.1) is 0 Å². The van der Waals surface area contributed by atoms with Gasteiger partial charge in [0.15, 0.2) is 0 Å². The first kappa shape index (κ1) is 22.4. The summed E-state index contributed by atoms with van der Waals surface area (Å²) in [5.41, 5.74) is 1.86. The molecular formula is C25H22FN3O3S. The van der Waals surface area contributed by atoms with Crippen molar-refractivity contribution in [2.45, 2.75) is 18.2 Å². The maximum Gasteiger partial charge on any atom is 0.265 e. The van der Waals surface area contributed by atoms with Gasteiger partial charge in [0.25, 0.3) is 10.0 Å². The van der Waals surface area contributed by atoms with Crippen molar-refractivity contribution in [2.75, 3.05) is 16.2 Å². The number of carbonyl (C=O) groups is 1. The molecule has 8 heteroatoms. The molecule has 1 aromatic heterocycles. The number of nitrogens with zero attached hydrogens (tertiary/aromatic N) is 2. The smallest absolute Gasteiger partial charge is 0.265 e. The van der Waals surface area contributed by atoms with E-state index in [1.165, 1.54) is 24.4 Å². The second-order valence-electron chi connectivity index (χ2n) is 7.44. The van der Waals surface area contributed by atoms with E-state index in [1.54, 1.807) is 36.5 Å². The minimum atomic E-state index is -4.17. The molecule has 33 heavy (non-hydrogen) atoms. The first-order chi connectivity index (χ1) is 15.9. The van der Waals surface area contributed by atoms with Crippen LogP contribution < -0.4 is 9.62 Å². The number of rotatable bonds is 7. The number of halogens is 1. The van der Waals surface area contributed by atoms with E-state index in [0.717, 1.165) is 28.4 Å². The van der Waals surface area contributed by atoms with E-state index in [9.17, 15) is 17.6 Å². The van der Waals surface area contributed by atoms with Crippen LogP contribution >= 0.6 is 0 Å². The first-order valence-corrected chi connectivity index (χ1v) is 11.8. The van der Waals surface area contributed by atoms with Gasteiger partial charge in [0, 0.05) is 28.9 Å². The minimum absolute atomic E-state index is 0.0341. The number of sulfonamides is 1. The minimum Gasteiger partial charge on any atom is -0.325 e. The van der Waals surface area contributed by atoms with Crippen LogP contribution in [-0.2, 0) is 21.2 Å². The van der Waals surface area contributed by atoms with E-state index >= 15 is 0 Å². The summed E-state index contributed by atoms with van der Waals surface area (Å²) in [6.07, 6.45) is 3.95. The molecule has 0 fully saturated rings. The third-order valence-electron chi connectivity index (χ3n) is 5.26. The van der Waals surface area contributed by atoms with Crippen LogP contribution in [0.3, 0.4) is 0 Å². The molecule has 0 atom stereocenters. The summed E-state index contributed by atoms with van der Waals surface area (Å²) in [6, 6.07) is 18.8. The van der Waals surface area contributed by atoms with Gasteiger partial charge < -0.3 is 5.32 Å². The topological polar surface area (TPSA) is 79.4 Å². The highest BCUT2D eigenvalue weighted by molar-refractivity contribution is 7.93. The summed E-state index contributed by atoms with van der Waals surface area (Å²) in [5.74, 6) is -1.03. The third-order valence-corrected chi connectivity index (χ3v) is 7.09. The summed E-state index contributed by atoms with van der Waals surface area (Å²) in [5, 5.41) is 3.87.